The summed E-state index contributed by atoms with van der Waals surface area (Å²) >= 11 is 0. The molecule has 318 valence electrons. The Balaban J connectivity index is 1.19. The van der Waals surface area contributed by atoms with Crippen molar-refractivity contribution in [3.63, 3.8) is 0 Å². The summed E-state index contributed by atoms with van der Waals surface area (Å²) in [6.07, 6.45) is 21.0. The maximum Gasteiger partial charge on any atom is 0.153 e. The first-order valence-electron chi connectivity index (χ1n) is 24.1. The number of likely N-dealkylation sites (N-methyl/N-ethyl adjacent to an activating group) is 1. The molecule has 10 nitrogen and oxygen atoms in total. The van der Waals surface area contributed by atoms with Crippen LogP contribution in [0.1, 0.15) is 137 Å². The fourth-order valence-electron chi connectivity index (χ4n) is 15.9. The minimum Gasteiger partial charge on any atom is -0.376 e. The minimum absolute atomic E-state index is 0.00320. The fourth-order valence-corrected chi connectivity index (χ4v) is 15.9. The molecule has 0 aromatic carbocycles. The van der Waals surface area contributed by atoms with Crippen molar-refractivity contribution in [1.82, 2.24) is 26.2 Å². The summed E-state index contributed by atoms with van der Waals surface area (Å²) in [6.45, 7) is 11.3. The van der Waals surface area contributed by atoms with Crippen LogP contribution in [0, 0.1) is 40.4 Å². The molecule has 9 fully saturated rings. The highest BCUT2D eigenvalue weighted by atomic mass is 16.5. The Bertz CT molecular complexity index is 1360. The Morgan fingerprint density at radius 2 is 1.55 bits per heavy atom. The number of carbonyl (C=O) groups excluding carboxylic acids is 1. The third kappa shape index (κ3) is 6.54. The molecule has 16 atom stereocenters. The first-order chi connectivity index (χ1) is 27.1. The van der Waals surface area contributed by atoms with Gasteiger partial charge in [0.2, 0.25) is 0 Å². The molecule has 9 aliphatic rings. The molecule has 1 spiro atoms. The second-order valence-corrected chi connectivity index (χ2v) is 21.4. The lowest BCUT2D eigenvalue weighted by Crippen LogP contribution is -2.67. The van der Waals surface area contributed by atoms with Crippen molar-refractivity contribution in [3.05, 3.63) is 0 Å². The zero-order valence-electron chi connectivity index (χ0n) is 35.9. The Hall–Kier alpha value is -0.690. The van der Waals surface area contributed by atoms with E-state index in [1.54, 1.807) is 0 Å². The van der Waals surface area contributed by atoms with Crippen LogP contribution in [0.15, 0.2) is 0 Å². The number of ketones is 1. The quantitative estimate of drug-likeness (QED) is 0.176. The standard InChI is InChI=1S/C46H81N7O3/c1-6-12-36-41-45(7-2)43(53(36)5)27(4)37(20-30-18-28-15-16-29(17-28)19-30)56-24-26(3)49-40-35(25-55-33-21-32(48)22-33)51-39-34(23-47)50-42(46(39,40)44(45)54)38(52-41)31-13-10-8-9-11-14-31/h26-43,49-52H,6-25,47-48H2,1-5H3. The molecular formula is C46H81N7O3. The highest BCUT2D eigenvalue weighted by molar-refractivity contribution is 5.96. The van der Waals surface area contributed by atoms with E-state index in [0.29, 0.717) is 37.5 Å². The van der Waals surface area contributed by atoms with E-state index >= 15 is 4.79 Å². The number of hydrogen-bond donors (Lipinski definition) is 6. The van der Waals surface area contributed by atoms with Gasteiger partial charge < -0.3 is 42.2 Å². The number of ether oxygens (including phenoxy) is 2. The smallest absolute Gasteiger partial charge is 0.153 e. The predicted octanol–water partition coefficient (Wildman–Crippen LogP) is 4.48. The van der Waals surface area contributed by atoms with Gasteiger partial charge >= 0.3 is 0 Å². The lowest BCUT2D eigenvalue weighted by molar-refractivity contribution is -0.145. The van der Waals surface area contributed by atoms with Crippen LogP contribution in [0.25, 0.3) is 0 Å². The Morgan fingerprint density at radius 1 is 0.857 bits per heavy atom. The monoisotopic (exact) mass is 780 g/mol. The van der Waals surface area contributed by atoms with Gasteiger partial charge in [0.15, 0.2) is 5.78 Å². The molecule has 5 saturated heterocycles. The van der Waals surface area contributed by atoms with Gasteiger partial charge in [0.25, 0.3) is 0 Å². The second-order valence-electron chi connectivity index (χ2n) is 21.4. The molecule has 9 rings (SSSR count). The van der Waals surface area contributed by atoms with E-state index in [1.807, 2.05) is 0 Å². The van der Waals surface area contributed by atoms with Crippen molar-refractivity contribution < 1.29 is 14.3 Å². The molecule has 10 heteroatoms. The molecule has 0 aromatic rings. The molecule has 4 aliphatic carbocycles. The number of carbonyl (C=O) groups is 1. The zero-order valence-corrected chi connectivity index (χ0v) is 35.9. The average molecular weight is 780 g/mol. The number of nitrogens with one attached hydrogen (secondary N) is 4. The summed E-state index contributed by atoms with van der Waals surface area (Å²) in [5.74, 6) is 3.77. The van der Waals surface area contributed by atoms with E-state index in [0.717, 1.165) is 56.3 Å². The van der Waals surface area contributed by atoms with Gasteiger partial charge in [-0.2, -0.15) is 0 Å². The van der Waals surface area contributed by atoms with E-state index in [4.69, 9.17) is 20.9 Å². The van der Waals surface area contributed by atoms with Gasteiger partial charge in [0, 0.05) is 73.0 Å². The molecule has 5 aliphatic heterocycles. The fraction of sp³-hybridized carbons (Fsp3) is 0.978. The number of fused-ring (bicyclic) bond motifs is 2. The summed E-state index contributed by atoms with van der Waals surface area (Å²) in [6, 6.07) is 0.740. The second kappa shape index (κ2) is 16.3. The largest absolute Gasteiger partial charge is 0.376 e. The molecule has 0 amide bonds. The van der Waals surface area contributed by atoms with Crippen LogP contribution in [0.2, 0.25) is 0 Å². The molecule has 56 heavy (non-hydrogen) atoms. The van der Waals surface area contributed by atoms with Crippen LogP contribution in [0.4, 0.5) is 0 Å². The third-order valence-electron chi connectivity index (χ3n) is 18.2. The predicted molar refractivity (Wildman–Crippen MR) is 223 cm³/mol. The maximum absolute atomic E-state index is 17.2. The van der Waals surface area contributed by atoms with Gasteiger partial charge in [-0.1, -0.05) is 65.7 Å². The van der Waals surface area contributed by atoms with Crippen LogP contribution in [0.3, 0.4) is 0 Å². The number of hydrogen-bond acceptors (Lipinski definition) is 10. The SMILES string of the molecule is CCCC1C2NC(C3CCCCCC3)C3NC(CN)C4NC(COC5CC(N)C5)C5NC(C)COC(CC6CC7CCC(C7)C6)C(C)C(N1C)C2(CC)C(=O)C543. The van der Waals surface area contributed by atoms with Crippen LogP contribution in [-0.2, 0) is 14.3 Å². The van der Waals surface area contributed by atoms with E-state index in [9.17, 15) is 0 Å². The van der Waals surface area contributed by atoms with Gasteiger partial charge in [0.1, 0.15) is 0 Å². The van der Waals surface area contributed by atoms with Crippen LogP contribution in [-0.4, -0.2) is 116 Å². The summed E-state index contributed by atoms with van der Waals surface area (Å²) in [5.41, 5.74) is 11.8. The van der Waals surface area contributed by atoms with Crippen molar-refractivity contribution >= 4 is 5.78 Å². The van der Waals surface area contributed by atoms with Crippen molar-refractivity contribution in [2.24, 2.45) is 51.9 Å². The topological polar surface area (TPSA) is 139 Å². The lowest BCUT2D eigenvalue weighted by Gasteiger charge is -2.49. The Labute approximate surface area is 339 Å². The van der Waals surface area contributed by atoms with E-state index in [-0.39, 0.29) is 78.5 Å². The molecule has 16 unspecified atom stereocenters. The molecular weight excluding hydrogens is 699 g/mol. The molecule has 8 N–H and O–H groups in total. The molecule has 5 heterocycles. The first kappa shape index (κ1) is 40.7. The van der Waals surface area contributed by atoms with Crippen molar-refractivity contribution in [2.75, 3.05) is 26.8 Å². The number of nitrogens with zero attached hydrogens (tertiary/aromatic N) is 1. The first-order valence-corrected chi connectivity index (χ1v) is 24.1. The van der Waals surface area contributed by atoms with Gasteiger partial charge in [-0.3, -0.25) is 9.69 Å². The number of nitrogens with two attached hydrogens (primary N) is 2. The lowest BCUT2D eigenvalue weighted by atomic mass is 9.55. The maximum atomic E-state index is 17.2. The number of Topliss-reactive ketones (excluding diaryl/α,β-unsaturated/α-hetero) is 1. The Morgan fingerprint density at radius 3 is 2.21 bits per heavy atom. The van der Waals surface area contributed by atoms with E-state index in [1.165, 1.54) is 70.6 Å². The van der Waals surface area contributed by atoms with Crippen LogP contribution >= 0.6 is 0 Å². The highest BCUT2D eigenvalue weighted by Gasteiger charge is 2.78. The Kier molecular flexibility index (Phi) is 11.8. The van der Waals surface area contributed by atoms with Crippen molar-refractivity contribution in [3.8, 4) is 0 Å². The molecule has 4 bridgehead atoms. The number of rotatable bonds is 10. The molecule has 0 aromatic heterocycles. The van der Waals surface area contributed by atoms with E-state index in [2.05, 4.69) is 60.9 Å². The van der Waals surface area contributed by atoms with Crippen molar-refractivity contribution in [1.29, 1.82) is 0 Å². The third-order valence-corrected chi connectivity index (χ3v) is 18.2. The van der Waals surface area contributed by atoms with Gasteiger partial charge in [-0.15, -0.1) is 0 Å². The van der Waals surface area contributed by atoms with Gasteiger partial charge in [-0.25, -0.2) is 0 Å². The van der Waals surface area contributed by atoms with Gasteiger partial charge in [-0.05, 0) is 108 Å². The van der Waals surface area contributed by atoms with E-state index < -0.39 is 10.8 Å². The summed E-state index contributed by atoms with van der Waals surface area (Å²) in [5, 5.41) is 17.2. The van der Waals surface area contributed by atoms with Crippen LogP contribution < -0.4 is 32.7 Å². The average Bonchev–Trinajstić information content (AvgIpc) is 3.75. The summed E-state index contributed by atoms with van der Waals surface area (Å²) in [4.78, 5) is 20.0. The normalized spacial score (nSPS) is 52.3. The highest BCUT2D eigenvalue weighted by Crippen LogP contribution is 2.60. The molecule has 0 radical (unpaired) electrons. The van der Waals surface area contributed by atoms with Gasteiger partial charge in [0.05, 0.1) is 36.3 Å². The zero-order chi connectivity index (χ0) is 38.9. The summed E-state index contributed by atoms with van der Waals surface area (Å²) < 4.78 is 14.0. The minimum atomic E-state index is -0.695. The van der Waals surface area contributed by atoms with Crippen LogP contribution in [0.5, 0.6) is 0 Å². The number of likely N-dealkylation sites (tertiary alicyclic amines) is 1. The summed E-state index contributed by atoms with van der Waals surface area (Å²) in [7, 11) is 2.40. The molecule has 4 saturated carbocycles. The van der Waals surface area contributed by atoms with Crippen molar-refractivity contribution in [2.45, 2.75) is 216 Å².